The summed E-state index contributed by atoms with van der Waals surface area (Å²) in [6.45, 7) is 0.332. The largest absolute Gasteiger partial charge is 0.478 e. The third-order valence-corrected chi connectivity index (χ3v) is 4.52. The Morgan fingerprint density at radius 2 is 1.85 bits per heavy atom. The van der Waals surface area contributed by atoms with E-state index in [2.05, 4.69) is 10.6 Å². The quantitative estimate of drug-likeness (QED) is 0.745. The van der Waals surface area contributed by atoms with Crippen LogP contribution in [0.5, 0.6) is 0 Å². The van der Waals surface area contributed by atoms with Crippen LogP contribution in [0.1, 0.15) is 34.3 Å². The zero-order valence-corrected chi connectivity index (χ0v) is 14.2. The van der Waals surface area contributed by atoms with Crippen molar-refractivity contribution in [3.63, 3.8) is 0 Å². The highest BCUT2D eigenvalue weighted by Gasteiger charge is 2.26. The summed E-state index contributed by atoms with van der Waals surface area (Å²) < 4.78 is 0. The molecule has 6 nitrogen and oxygen atoms in total. The van der Waals surface area contributed by atoms with Crippen LogP contribution in [0.3, 0.4) is 0 Å². The number of hydrogen-bond donors (Lipinski definition) is 3. The minimum Gasteiger partial charge on any atom is -0.478 e. The summed E-state index contributed by atoms with van der Waals surface area (Å²) >= 11 is 0. The Morgan fingerprint density at radius 3 is 2.58 bits per heavy atom. The smallest absolute Gasteiger partial charge is 0.335 e. The van der Waals surface area contributed by atoms with Crippen LogP contribution in [0.4, 0.5) is 5.69 Å². The third kappa shape index (κ3) is 4.27. The summed E-state index contributed by atoms with van der Waals surface area (Å²) in [5.41, 5.74) is 2.98. The lowest BCUT2D eigenvalue weighted by molar-refractivity contribution is -0.123. The number of carbonyl (C=O) groups is 3. The molecule has 0 saturated heterocycles. The van der Waals surface area contributed by atoms with Crippen LogP contribution in [0, 0.1) is 5.92 Å². The Labute approximate surface area is 151 Å². The van der Waals surface area contributed by atoms with Gasteiger partial charge in [0.2, 0.25) is 11.8 Å². The Balaban J connectivity index is 1.47. The highest BCUT2D eigenvalue weighted by atomic mass is 16.4. The minimum atomic E-state index is -0.979. The molecule has 0 aliphatic carbocycles. The zero-order valence-electron chi connectivity index (χ0n) is 14.2. The van der Waals surface area contributed by atoms with E-state index in [4.69, 9.17) is 5.11 Å². The molecule has 0 fully saturated rings. The molecule has 0 radical (unpaired) electrons. The number of amides is 2. The number of benzene rings is 2. The SMILES string of the molecule is O=C(CC[C@H]1Cc2ccccc2NC1=O)NCc1ccc(C(=O)O)cc1. The van der Waals surface area contributed by atoms with Gasteiger partial charge in [-0.15, -0.1) is 0 Å². The molecule has 0 bridgehead atoms. The van der Waals surface area contributed by atoms with E-state index in [1.165, 1.54) is 12.1 Å². The summed E-state index contributed by atoms with van der Waals surface area (Å²) in [6, 6.07) is 14.1. The Hall–Kier alpha value is -3.15. The van der Waals surface area contributed by atoms with Gasteiger partial charge in [-0.25, -0.2) is 4.79 Å². The van der Waals surface area contributed by atoms with Crippen LogP contribution in [0.2, 0.25) is 0 Å². The van der Waals surface area contributed by atoms with Gasteiger partial charge in [0.15, 0.2) is 0 Å². The number of hydrogen-bond acceptors (Lipinski definition) is 3. The van der Waals surface area contributed by atoms with E-state index in [-0.39, 0.29) is 29.7 Å². The van der Waals surface area contributed by atoms with E-state index in [0.717, 1.165) is 16.8 Å². The molecule has 0 spiro atoms. The Kier molecular flexibility index (Phi) is 5.31. The van der Waals surface area contributed by atoms with E-state index in [9.17, 15) is 14.4 Å². The first-order valence-corrected chi connectivity index (χ1v) is 8.50. The molecular formula is C20H20N2O4. The number of anilines is 1. The van der Waals surface area contributed by atoms with Gasteiger partial charge in [-0.2, -0.15) is 0 Å². The number of carboxylic acid groups (broad SMARTS) is 1. The molecule has 1 aliphatic rings. The van der Waals surface area contributed by atoms with E-state index in [0.29, 0.717) is 19.4 Å². The van der Waals surface area contributed by atoms with Crippen molar-refractivity contribution in [2.24, 2.45) is 5.92 Å². The maximum absolute atomic E-state index is 12.1. The lowest BCUT2D eigenvalue weighted by Gasteiger charge is -2.24. The van der Waals surface area contributed by atoms with Crippen molar-refractivity contribution >= 4 is 23.5 Å². The number of carboxylic acids is 1. The lowest BCUT2D eigenvalue weighted by Crippen LogP contribution is -2.31. The molecule has 3 rings (SSSR count). The fourth-order valence-corrected chi connectivity index (χ4v) is 3.01. The second-order valence-electron chi connectivity index (χ2n) is 6.36. The first-order valence-electron chi connectivity index (χ1n) is 8.50. The molecule has 0 aromatic heterocycles. The molecule has 2 aromatic carbocycles. The molecule has 1 atom stereocenters. The number of aromatic carboxylic acids is 1. The molecule has 2 amide bonds. The number of nitrogens with one attached hydrogen (secondary N) is 2. The average Bonchev–Trinajstić information content (AvgIpc) is 2.65. The topological polar surface area (TPSA) is 95.5 Å². The first-order chi connectivity index (χ1) is 12.5. The fraction of sp³-hybridized carbons (Fsp3) is 0.250. The fourth-order valence-electron chi connectivity index (χ4n) is 3.01. The molecule has 0 saturated carbocycles. The van der Waals surface area contributed by atoms with Crippen molar-refractivity contribution < 1.29 is 19.5 Å². The van der Waals surface area contributed by atoms with Crippen molar-refractivity contribution in [1.82, 2.24) is 5.32 Å². The van der Waals surface area contributed by atoms with Crippen LogP contribution in [-0.2, 0) is 22.6 Å². The van der Waals surface area contributed by atoms with Crippen molar-refractivity contribution in [2.45, 2.75) is 25.8 Å². The second kappa shape index (κ2) is 7.82. The molecule has 0 unspecified atom stereocenters. The lowest BCUT2D eigenvalue weighted by atomic mass is 9.89. The van der Waals surface area contributed by atoms with Crippen molar-refractivity contribution in [2.75, 3.05) is 5.32 Å². The van der Waals surface area contributed by atoms with Gasteiger partial charge in [0.05, 0.1) is 5.56 Å². The van der Waals surface area contributed by atoms with E-state index in [1.54, 1.807) is 12.1 Å². The van der Waals surface area contributed by atoms with Crippen LogP contribution in [-0.4, -0.2) is 22.9 Å². The van der Waals surface area contributed by atoms with Crippen molar-refractivity contribution in [1.29, 1.82) is 0 Å². The molecule has 1 heterocycles. The molecule has 134 valence electrons. The second-order valence-corrected chi connectivity index (χ2v) is 6.36. The highest BCUT2D eigenvalue weighted by Crippen LogP contribution is 2.27. The van der Waals surface area contributed by atoms with E-state index < -0.39 is 5.97 Å². The summed E-state index contributed by atoms with van der Waals surface area (Å²) in [7, 11) is 0. The first kappa shape index (κ1) is 17.7. The number of para-hydroxylation sites is 1. The predicted molar refractivity (Wildman–Crippen MR) is 96.7 cm³/mol. The summed E-state index contributed by atoms with van der Waals surface area (Å²) in [6.07, 6.45) is 1.41. The van der Waals surface area contributed by atoms with Gasteiger partial charge < -0.3 is 15.7 Å². The summed E-state index contributed by atoms with van der Waals surface area (Å²) in [5, 5.41) is 14.6. The zero-order chi connectivity index (χ0) is 18.5. The van der Waals surface area contributed by atoms with Crippen molar-refractivity contribution in [3.8, 4) is 0 Å². The summed E-state index contributed by atoms with van der Waals surface area (Å²) in [5.74, 6) is -1.35. The van der Waals surface area contributed by atoms with Crippen LogP contribution in [0.25, 0.3) is 0 Å². The molecule has 1 aliphatic heterocycles. The van der Waals surface area contributed by atoms with Gasteiger partial charge >= 0.3 is 5.97 Å². The standard InChI is InChI=1S/C20H20N2O4/c23-18(21-12-13-5-7-14(8-6-13)20(25)26)10-9-16-11-15-3-1-2-4-17(15)22-19(16)24/h1-8,16H,9-12H2,(H,21,23)(H,22,24)(H,25,26)/t16-/m0/s1. The Bertz CT molecular complexity index is 830. The van der Waals surface area contributed by atoms with Gasteiger partial charge in [-0.1, -0.05) is 30.3 Å². The highest BCUT2D eigenvalue weighted by molar-refractivity contribution is 5.96. The average molecular weight is 352 g/mol. The monoisotopic (exact) mass is 352 g/mol. The van der Waals surface area contributed by atoms with Crippen LogP contribution >= 0.6 is 0 Å². The molecule has 6 heteroatoms. The van der Waals surface area contributed by atoms with E-state index in [1.807, 2.05) is 24.3 Å². The van der Waals surface area contributed by atoms with Gasteiger partial charge in [-0.05, 0) is 42.2 Å². The van der Waals surface area contributed by atoms with Gasteiger partial charge in [0.25, 0.3) is 0 Å². The number of carbonyl (C=O) groups excluding carboxylic acids is 2. The maximum atomic E-state index is 12.1. The molecular weight excluding hydrogens is 332 g/mol. The third-order valence-electron chi connectivity index (χ3n) is 4.52. The van der Waals surface area contributed by atoms with Crippen LogP contribution in [0.15, 0.2) is 48.5 Å². The molecule has 26 heavy (non-hydrogen) atoms. The minimum absolute atomic E-state index is 0.0410. The van der Waals surface area contributed by atoms with E-state index >= 15 is 0 Å². The number of rotatable bonds is 6. The molecule has 3 N–H and O–H groups in total. The summed E-state index contributed by atoms with van der Waals surface area (Å²) in [4.78, 5) is 35.0. The number of fused-ring (bicyclic) bond motifs is 1. The maximum Gasteiger partial charge on any atom is 0.335 e. The van der Waals surface area contributed by atoms with Gasteiger partial charge in [-0.3, -0.25) is 9.59 Å². The molecule has 2 aromatic rings. The van der Waals surface area contributed by atoms with Gasteiger partial charge in [0, 0.05) is 24.6 Å². The van der Waals surface area contributed by atoms with Crippen LogP contribution < -0.4 is 10.6 Å². The normalized spacial score (nSPS) is 15.7. The predicted octanol–water partition coefficient (Wildman–Crippen LogP) is 2.59. The Morgan fingerprint density at radius 1 is 1.12 bits per heavy atom. The van der Waals surface area contributed by atoms with Gasteiger partial charge in [0.1, 0.15) is 0 Å². The van der Waals surface area contributed by atoms with Crippen molar-refractivity contribution in [3.05, 3.63) is 65.2 Å².